The number of piperidine rings is 1. The van der Waals surface area contributed by atoms with Crippen LogP contribution in [0.15, 0.2) is 28.8 Å². The van der Waals surface area contributed by atoms with E-state index in [9.17, 15) is 14.0 Å². The minimum absolute atomic E-state index is 0.0448. The second kappa shape index (κ2) is 8.85. The zero-order valence-electron chi connectivity index (χ0n) is 17.6. The highest BCUT2D eigenvalue weighted by atomic mass is 19.1. The average Bonchev–Trinajstić information content (AvgIpc) is 3.08. The maximum absolute atomic E-state index is 13.3. The van der Waals surface area contributed by atoms with E-state index >= 15 is 0 Å². The van der Waals surface area contributed by atoms with Gasteiger partial charge in [0.05, 0.1) is 12.3 Å². The molecule has 1 aliphatic heterocycles. The molecule has 0 bridgehead atoms. The highest BCUT2D eigenvalue weighted by Gasteiger charge is 2.41. The predicted molar refractivity (Wildman–Crippen MR) is 109 cm³/mol. The molecule has 0 radical (unpaired) electrons. The van der Waals surface area contributed by atoms with Crippen LogP contribution in [0.25, 0.3) is 0 Å². The molecule has 2 amide bonds. The Balaban J connectivity index is 1.81. The summed E-state index contributed by atoms with van der Waals surface area (Å²) < 4.78 is 24.3. The zero-order valence-corrected chi connectivity index (χ0v) is 17.6. The van der Waals surface area contributed by atoms with Crippen molar-refractivity contribution in [3.8, 4) is 5.75 Å². The van der Waals surface area contributed by atoms with Crippen LogP contribution in [-0.2, 0) is 4.79 Å². The Bertz CT molecular complexity index is 910. The number of likely N-dealkylation sites (tertiary alicyclic amines) is 1. The molecule has 1 aromatic carbocycles. The van der Waals surface area contributed by atoms with E-state index < -0.39 is 11.3 Å². The first-order chi connectivity index (χ1) is 14.2. The second-order valence-corrected chi connectivity index (χ2v) is 8.37. The molecule has 1 saturated heterocycles. The van der Waals surface area contributed by atoms with Gasteiger partial charge in [-0.25, -0.2) is 4.39 Å². The van der Waals surface area contributed by atoms with Crippen molar-refractivity contribution in [2.24, 2.45) is 11.1 Å². The molecule has 0 saturated carbocycles. The van der Waals surface area contributed by atoms with E-state index in [1.807, 2.05) is 13.8 Å². The highest BCUT2D eigenvalue weighted by Crippen LogP contribution is 2.36. The number of aromatic nitrogens is 1. The van der Waals surface area contributed by atoms with Crippen LogP contribution in [0.5, 0.6) is 5.75 Å². The number of hydrogen-bond donors (Lipinski definition) is 1. The number of carbonyl (C=O) groups is 2. The van der Waals surface area contributed by atoms with Crippen LogP contribution in [-0.4, -0.2) is 41.6 Å². The van der Waals surface area contributed by atoms with Crippen molar-refractivity contribution in [3.63, 3.8) is 0 Å². The molecule has 1 aliphatic rings. The number of halogens is 1. The topological polar surface area (TPSA) is 98.7 Å². The number of primary amides is 1. The summed E-state index contributed by atoms with van der Waals surface area (Å²) in [6.45, 7) is 6.74. The van der Waals surface area contributed by atoms with Crippen molar-refractivity contribution in [3.05, 3.63) is 47.1 Å². The van der Waals surface area contributed by atoms with Gasteiger partial charge in [-0.1, -0.05) is 19.0 Å². The summed E-state index contributed by atoms with van der Waals surface area (Å²) in [6.07, 6.45) is 1.51. The number of benzene rings is 1. The van der Waals surface area contributed by atoms with Crippen LogP contribution >= 0.6 is 0 Å². The molecule has 7 nitrogen and oxygen atoms in total. The standard InChI is InChI=1S/C22H28FN3O4/c1-14(2)20-19(15(3)30-25-20)21(28)26-10-4-9-22(12-26,11-18(24)27)13-29-17-7-5-16(23)6-8-17/h5-8,14H,4,9-13H2,1-3H3,(H2,24,27)/t22-/m1/s1. The Labute approximate surface area is 175 Å². The van der Waals surface area contributed by atoms with Gasteiger partial charge in [-0.15, -0.1) is 0 Å². The summed E-state index contributed by atoms with van der Waals surface area (Å²) in [6, 6.07) is 5.70. The molecule has 30 heavy (non-hydrogen) atoms. The molecule has 162 valence electrons. The van der Waals surface area contributed by atoms with E-state index in [0.29, 0.717) is 48.7 Å². The summed E-state index contributed by atoms with van der Waals surface area (Å²) >= 11 is 0. The third-order valence-electron chi connectivity index (χ3n) is 5.51. The largest absolute Gasteiger partial charge is 0.493 e. The van der Waals surface area contributed by atoms with Gasteiger partial charge in [0.15, 0.2) is 0 Å². The van der Waals surface area contributed by atoms with Crippen LogP contribution in [0.4, 0.5) is 4.39 Å². The molecule has 1 fully saturated rings. The van der Waals surface area contributed by atoms with E-state index in [1.165, 1.54) is 24.3 Å². The molecule has 1 aromatic heterocycles. The first-order valence-electron chi connectivity index (χ1n) is 10.1. The van der Waals surface area contributed by atoms with E-state index in [4.69, 9.17) is 15.0 Å². The van der Waals surface area contributed by atoms with Crippen molar-refractivity contribution < 1.29 is 23.2 Å². The van der Waals surface area contributed by atoms with Crippen LogP contribution in [0.1, 0.15) is 60.8 Å². The Hall–Kier alpha value is -2.90. The Morgan fingerprint density at radius 3 is 2.67 bits per heavy atom. The molecule has 0 aliphatic carbocycles. The normalized spacial score (nSPS) is 19.2. The molecule has 3 rings (SSSR count). The van der Waals surface area contributed by atoms with E-state index in [2.05, 4.69) is 5.16 Å². The van der Waals surface area contributed by atoms with E-state index in [-0.39, 0.29) is 30.7 Å². The molecule has 2 aromatic rings. The van der Waals surface area contributed by atoms with Crippen LogP contribution in [0, 0.1) is 18.2 Å². The number of amides is 2. The lowest BCUT2D eigenvalue weighted by Gasteiger charge is -2.42. The fourth-order valence-electron chi connectivity index (χ4n) is 4.03. The van der Waals surface area contributed by atoms with E-state index in [0.717, 1.165) is 0 Å². The molecular weight excluding hydrogens is 389 g/mol. The van der Waals surface area contributed by atoms with E-state index in [1.54, 1.807) is 11.8 Å². The Kier molecular flexibility index (Phi) is 6.43. The minimum atomic E-state index is -0.614. The lowest BCUT2D eigenvalue weighted by Crippen LogP contribution is -2.50. The van der Waals surface area contributed by atoms with Crippen molar-refractivity contribution in [1.82, 2.24) is 10.1 Å². The molecule has 8 heteroatoms. The van der Waals surface area contributed by atoms with Gasteiger partial charge in [0.25, 0.3) is 5.91 Å². The Morgan fingerprint density at radius 1 is 1.33 bits per heavy atom. The summed E-state index contributed by atoms with van der Waals surface area (Å²) in [5.74, 6) is 0.0684. The number of hydrogen-bond acceptors (Lipinski definition) is 5. The average molecular weight is 417 g/mol. The third-order valence-corrected chi connectivity index (χ3v) is 5.51. The van der Waals surface area contributed by atoms with Crippen LogP contribution < -0.4 is 10.5 Å². The number of aryl methyl sites for hydroxylation is 1. The van der Waals surface area contributed by atoms with Gasteiger partial charge in [0.1, 0.15) is 22.9 Å². The summed E-state index contributed by atoms with van der Waals surface area (Å²) in [7, 11) is 0. The lowest BCUT2D eigenvalue weighted by atomic mass is 9.77. The third kappa shape index (κ3) is 4.80. The number of carbonyl (C=O) groups excluding carboxylic acids is 2. The van der Waals surface area contributed by atoms with Crippen LogP contribution in [0.3, 0.4) is 0 Å². The number of rotatable bonds is 7. The molecular formula is C22H28FN3O4. The fraction of sp³-hybridized carbons (Fsp3) is 0.500. The molecule has 2 N–H and O–H groups in total. The zero-order chi connectivity index (χ0) is 21.9. The first-order valence-corrected chi connectivity index (χ1v) is 10.1. The van der Waals surface area contributed by atoms with Crippen molar-refractivity contribution in [2.45, 2.75) is 46.0 Å². The summed E-state index contributed by atoms with van der Waals surface area (Å²) in [4.78, 5) is 26.9. The maximum atomic E-state index is 13.3. The van der Waals surface area contributed by atoms with Gasteiger partial charge in [0, 0.05) is 24.9 Å². The van der Waals surface area contributed by atoms with Crippen molar-refractivity contribution >= 4 is 11.8 Å². The fourth-order valence-corrected chi connectivity index (χ4v) is 4.03. The van der Waals surface area contributed by atoms with Gasteiger partial charge in [-0.2, -0.15) is 0 Å². The predicted octanol–water partition coefficient (Wildman–Crippen LogP) is 3.42. The quantitative estimate of drug-likeness (QED) is 0.744. The SMILES string of the molecule is Cc1onc(C(C)C)c1C(=O)N1CCC[C@@](COc2ccc(F)cc2)(CC(N)=O)C1. The minimum Gasteiger partial charge on any atom is -0.493 e. The highest BCUT2D eigenvalue weighted by molar-refractivity contribution is 5.96. The number of nitrogens with zero attached hydrogens (tertiary/aromatic N) is 2. The first kappa shape index (κ1) is 21.8. The molecule has 1 atom stereocenters. The summed E-state index contributed by atoms with van der Waals surface area (Å²) in [5, 5.41) is 4.05. The van der Waals surface area contributed by atoms with Crippen molar-refractivity contribution in [1.29, 1.82) is 0 Å². The lowest BCUT2D eigenvalue weighted by molar-refractivity contribution is -0.122. The Morgan fingerprint density at radius 2 is 2.03 bits per heavy atom. The molecule has 2 heterocycles. The van der Waals surface area contributed by atoms with Gasteiger partial charge < -0.3 is 19.9 Å². The van der Waals surface area contributed by atoms with Gasteiger partial charge in [-0.05, 0) is 49.9 Å². The second-order valence-electron chi connectivity index (χ2n) is 8.37. The monoisotopic (exact) mass is 417 g/mol. The molecule has 0 spiro atoms. The van der Waals surface area contributed by atoms with Crippen LogP contribution in [0.2, 0.25) is 0 Å². The number of nitrogens with two attached hydrogens (primary N) is 1. The van der Waals surface area contributed by atoms with Crippen molar-refractivity contribution in [2.75, 3.05) is 19.7 Å². The summed E-state index contributed by atoms with van der Waals surface area (Å²) in [5.41, 5.74) is 6.03. The van der Waals surface area contributed by atoms with Gasteiger partial charge >= 0.3 is 0 Å². The smallest absolute Gasteiger partial charge is 0.259 e. The maximum Gasteiger partial charge on any atom is 0.259 e. The van der Waals surface area contributed by atoms with Gasteiger partial charge in [-0.3, -0.25) is 9.59 Å². The molecule has 0 unspecified atom stereocenters. The van der Waals surface area contributed by atoms with Gasteiger partial charge in [0.2, 0.25) is 5.91 Å². The number of ether oxygens (including phenoxy) is 1.